The molecule has 1 aliphatic heterocycles. The van der Waals surface area contributed by atoms with Crippen LogP contribution in [0.25, 0.3) is 0 Å². The van der Waals surface area contributed by atoms with Crippen molar-refractivity contribution in [2.45, 2.75) is 39.2 Å². The van der Waals surface area contributed by atoms with E-state index in [-0.39, 0.29) is 17.3 Å². The Morgan fingerprint density at radius 1 is 1.40 bits per heavy atom. The van der Waals surface area contributed by atoms with Gasteiger partial charge in [-0.2, -0.15) is 0 Å². The smallest absolute Gasteiger partial charge is 0.123 e. The van der Waals surface area contributed by atoms with Gasteiger partial charge in [-0.15, -0.1) is 11.6 Å². The Kier molecular flexibility index (Phi) is 5.28. The summed E-state index contributed by atoms with van der Waals surface area (Å²) in [6.45, 7) is 6.03. The summed E-state index contributed by atoms with van der Waals surface area (Å²) in [5, 5.41) is 3.47. The Morgan fingerprint density at radius 3 is 2.80 bits per heavy atom. The number of rotatable bonds is 7. The summed E-state index contributed by atoms with van der Waals surface area (Å²) >= 11 is 6.10. The highest BCUT2D eigenvalue weighted by Crippen LogP contribution is 2.30. The van der Waals surface area contributed by atoms with Crippen LogP contribution in [0.5, 0.6) is 5.75 Å². The standard InChI is InChI=1S/C16H23ClFNO/c1-3-16(4-2,10-17)11-19-9-14-8-12-7-13(18)5-6-15(12)20-14/h5-7,14,19H,3-4,8-11H2,1-2H3. The van der Waals surface area contributed by atoms with Gasteiger partial charge in [0.2, 0.25) is 0 Å². The Hall–Kier alpha value is -0.800. The molecule has 0 saturated carbocycles. The van der Waals surface area contributed by atoms with Gasteiger partial charge in [-0.1, -0.05) is 13.8 Å². The van der Waals surface area contributed by atoms with E-state index in [0.717, 1.165) is 43.7 Å². The van der Waals surface area contributed by atoms with E-state index in [9.17, 15) is 4.39 Å². The summed E-state index contributed by atoms with van der Waals surface area (Å²) in [6, 6.07) is 4.73. The zero-order valence-electron chi connectivity index (χ0n) is 12.2. The maximum atomic E-state index is 13.1. The molecule has 20 heavy (non-hydrogen) atoms. The van der Waals surface area contributed by atoms with Gasteiger partial charge in [-0.05, 0) is 36.5 Å². The first-order chi connectivity index (χ1) is 9.62. The van der Waals surface area contributed by atoms with Crippen molar-refractivity contribution < 1.29 is 9.13 Å². The van der Waals surface area contributed by atoms with Crippen LogP contribution in [-0.4, -0.2) is 25.1 Å². The Morgan fingerprint density at radius 2 is 2.15 bits per heavy atom. The van der Waals surface area contributed by atoms with Crippen LogP contribution < -0.4 is 10.1 Å². The second-order valence-electron chi connectivity index (χ2n) is 5.67. The van der Waals surface area contributed by atoms with Crippen molar-refractivity contribution >= 4 is 11.6 Å². The molecule has 1 N–H and O–H groups in total. The van der Waals surface area contributed by atoms with Gasteiger partial charge >= 0.3 is 0 Å². The van der Waals surface area contributed by atoms with Crippen LogP contribution in [0, 0.1) is 11.2 Å². The van der Waals surface area contributed by atoms with Crippen LogP contribution in [0.1, 0.15) is 32.3 Å². The van der Waals surface area contributed by atoms with E-state index in [0.29, 0.717) is 5.88 Å². The number of halogens is 2. The molecule has 0 radical (unpaired) electrons. The molecule has 0 saturated heterocycles. The Balaban J connectivity index is 1.83. The van der Waals surface area contributed by atoms with Crippen LogP contribution >= 0.6 is 11.6 Å². The van der Waals surface area contributed by atoms with Crippen LogP contribution in [0.15, 0.2) is 18.2 Å². The number of nitrogens with one attached hydrogen (secondary N) is 1. The second-order valence-corrected chi connectivity index (χ2v) is 5.93. The summed E-state index contributed by atoms with van der Waals surface area (Å²) < 4.78 is 19.0. The summed E-state index contributed by atoms with van der Waals surface area (Å²) in [5.74, 6) is 1.29. The van der Waals surface area contributed by atoms with Crippen LogP contribution in [-0.2, 0) is 6.42 Å². The fourth-order valence-electron chi connectivity index (χ4n) is 2.64. The molecule has 1 aromatic rings. The molecule has 112 valence electrons. The molecule has 2 nitrogen and oxygen atoms in total. The van der Waals surface area contributed by atoms with Gasteiger partial charge in [0, 0.05) is 31.0 Å². The summed E-state index contributed by atoms with van der Waals surface area (Å²) in [5.41, 5.74) is 1.13. The SMILES string of the molecule is CCC(CC)(CCl)CNCC1Cc2cc(F)ccc2O1. The molecular weight excluding hydrogens is 277 g/mol. The third kappa shape index (κ3) is 3.44. The molecule has 0 spiro atoms. The minimum absolute atomic E-state index is 0.0912. The molecule has 1 heterocycles. The van der Waals surface area contributed by atoms with Gasteiger partial charge in [-0.25, -0.2) is 4.39 Å². The molecule has 1 unspecified atom stereocenters. The lowest BCUT2D eigenvalue weighted by Gasteiger charge is -2.30. The lowest BCUT2D eigenvalue weighted by Crippen LogP contribution is -2.39. The van der Waals surface area contributed by atoms with Gasteiger partial charge in [-0.3, -0.25) is 0 Å². The molecule has 1 aliphatic rings. The molecule has 0 bridgehead atoms. The molecule has 0 aromatic heterocycles. The average molecular weight is 300 g/mol. The van der Waals surface area contributed by atoms with E-state index in [1.165, 1.54) is 6.07 Å². The van der Waals surface area contributed by atoms with E-state index in [4.69, 9.17) is 16.3 Å². The van der Waals surface area contributed by atoms with E-state index in [2.05, 4.69) is 19.2 Å². The summed E-state index contributed by atoms with van der Waals surface area (Å²) in [6.07, 6.45) is 2.99. The molecule has 0 aliphatic carbocycles. The zero-order chi connectivity index (χ0) is 14.6. The predicted octanol–water partition coefficient (Wildman–Crippen LogP) is 3.76. The Labute approximate surface area is 125 Å². The maximum Gasteiger partial charge on any atom is 0.123 e. The number of hydrogen-bond donors (Lipinski definition) is 1. The fraction of sp³-hybridized carbons (Fsp3) is 0.625. The van der Waals surface area contributed by atoms with Crippen molar-refractivity contribution in [2.75, 3.05) is 19.0 Å². The van der Waals surface area contributed by atoms with Crippen molar-refractivity contribution in [3.8, 4) is 5.75 Å². The molecule has 4 heteroatoms. The zero-order valence-corrected chi connectivity index (χ0v) is 13.0. The highest BCUT2D eigenvalue weighted by atomic mass is 35.5. The molecule has 0 amide bonds. The van der Waals surface area contributed by atoms with Crippen LogP contribution in [0.3, 0.4) is 0 Å². The number of benzene rings is 1. The molecule has 0 fully saturated rings. The van der Waals surface area contributed by atoms with Crippen molar-refractivity contribution in [3.63, 3.8) is 0 Å². The molecular formula is C16H23ClFNO. The lowest BCUT2D eigenvalue weighted by molar-refractivity contribution is 0.210. The van der Waals surface area contributed by atoms with Crippen molar-refractivity contribution in [1.29, 1.82) is 0 Å². The number of fused-ring (bicyclic) bond motifs is 1. The van der Waals surface area contributed by atoms with Crippen molar-refractivity contribution in [1.82, 2.24) is 5.32 Å². The molecule has 1 aromatic carbocycles. The minimum Gasteiger partial charge on any atom is -0.488 e. The topological polar surface area (TPSA) is 21.3 Å². The van der Waals surface area contributed by atoms with E-state index < -0.39 is 0 Å². The third-order valence-electron chi connectivity index (χ3n) is 4.42. The number of hydrogen-bond acceptors (Lipinski definition) is 2. The Bertz CT molecular complexity index is 440. The number of alkyl halides is 1. The summed E-state index contributed by atoms with van der Waals surface area (Å²) in [7, 11) is 0. The summed E-state index contributed by atoms with van der Waals surface area (Å²) in [4.78, 5) is 0. The first-order valence-electron chi connectivity index (χ1n) is 7.34. The monoisotopic (exact) mass is 299 g/mol. The first kappa shape index (κ1) is 15.6. The largest absolute Gasteiger partial charge is 0.488 e. The first-order valence-corrected chi connectivity index (χ1v) is 7.87. The van der Waals surface area contributed by atoms with E-state index in [1.807, 2.05) is 0 Å². The average Bonchev–Trinajstić information content (AvgIpc) is 2.86. The number of ether oxygens (including phenoxy) is 1. The van der Waals surface area contributed by atoms with Crippen LogP contribution in [0.2, 0.25) is 0 Å². The molecule has 2 rings (SSSR count). The van der Waals surface area contributed by atoms with Crippen molar-refractivity contribution in [3.05, 3.63) is 29.6 Å². The van der Waals surface area contributed by atoms with Crippen LogP contribution in [0.4, 0.5) is 4.39 Å². The fourth-order valence-corrected chi connectivity index (χ4v) is 3.11. The van der Waals surface area contributed by atoms with Gasteiger partial charge < -0.3 is 10.1 Å². The van der Waals surface area contributed by atoms with Gasteiger partial charge in [0.1, 0.15) is 17.7 Å². The van der Waals surface area contributed by atoms with Crippen molar-refractivity contribution in [2.24, 2.45) is 5.41 Å². The maximum absolute atomic E-state index is 13.1. The van der Waals surface area contributed by atoms with E-state index >= 15 is 0 Å². The predicted molar refractivity (Wildman–Crippen MR) is 81.1 cm³/mol. The minimum atomic E-state index is -0.195. The second kappa shape index (κ2) is 6.77. The third-order valence-corrected chi connectivity index (χ3v) is 4.99. The van der Waals surface area contributed by atoms with E-state index in [1.54, 1.807) is 12.1 Å². The van der Waals surface area contributed by atoms with Gasteiger partial charge in [0.25, 0.3) is 0 Å². The highest BCUT2D eigenvalue weighted by Gasteiger charge is 2.27. The van der Waals surface area contributed by atoms with Gasteiger partial charge in [0.05, 0.1) is 0 Å². The quantitative estimate of drug-likeness (QED) is 0.774. The highest BCUT2D eigenvalue weighted by molar-refractivity contribution is 6.18. The normalized spacial score (nSPS) is 17.9. The lowest BCUT2D eigenvalue weighted by atomic mass is 9.84. The molecule has 1 atom stereocenters. The van der Waals surface area contributed by atoms with Gasteiger partial charge in [0.15, 0.2) is 0 Å².